The van der Waals surface area contributed by atoms with Crippen LogP contribution in [0.2, 0.25) is 0 Å². The fraction of sp³-hybridized carbons (Fsp3) is 0.636. The van der Waals surface area contributed by atoms with Gasteiger partial charge in [-0.25, -0.2) is 4.98 Å². The number of ether oxygens (including phenoxy) is 2. The van der Waals surface area contributed by atoms with E-state index in [9.17, 15) is 18.3 Å². The van der Waals surface area contributed by atoms with E-state index < -0.39 is 29.8 Å². The van der Waals surface area contributed by atoms with Crippen LogP contribution in [0, 0.1) is 0 Å². The van der Waals surface area contributed by atoms with Crippen LogP contribution < -0.4 is 10.5 Å². The SMILES string of the molecule is Nc1ncc(C(F)(F)F)c(OC2CCOCCC2O)n1. The minimum absolute atomic E-state index is 0.266. The maximum Gasteiger partial charge on any atom is 0.423 e. The van der Waals surface area contributed by atoms with Crippen LogP contribution in [0.25, 0.3) is 0 Å². The van der Waals surface area contributed by atoms with Crippen LogP contribution in [0.4, 0.5) is 19.1 Å². The molecule has 2 unspecified atom stereocenters. The summed E-state index contributed by atoms with van der Waals surface area (Å²) >= 11 is 0. The van der Waals surface area contributed by atoms with Gasteiger partial charge in [-0.1, -0.05) is 0 Å². The first-order valence-electron chi connectivity index (χ1n) is 6.00. The minimum atomic E-state index is -4.66. The molecule has 1 aromatic rings. The maximum atomic E-state index is 12.8. The molecule has 112 valence electrons. The molecule has 1 fully saturated rings. The van der Waals surface area contributed by atoms with Crippen molar-refractivity contribution in [1.82, 2.24) is 9.97 Å². The molecular formula is C11H14F3N3O3. The second kappa shape index (κ2) is 5.80. The van der Waals surface area contributed by atoms with E-state index in [4.69, 9.17) is 15.2 Å². The Bertz CT molecular complexity index is 470. The van der Waals surface area contributed by atoms with E-state index in [2.05, 4.69) is 9.97 Å². The standard InChI is InChI=1S/C11H14F3N3O3/c12-11(13,14)6-5-16-10(15)17-9(6)20-8-2-4-19-3-1-7(8)18/h5,7-8,18H,1-4H2,(H2,15,16,17). The number of nitrogen functional groups attached to an aromatic ring is 1. The molecule has 1 aliphatic rings. The number of halogens is 3. The van der Waals surface area contributed by atoms with E-state index in [1.807, 2.05) is 0 Å². The molecule has 0 aliphatic carbocycles. The van der Waals surface area contributed by atoms with Gasteiger partial charge < -0.3 is 20.3 Å². The highest BCUT2D eigenvalue weighted by Crippen LogP contribution is 2.35. The molecule has 0 spiro atoms. The molecule has 20 heavy (non-hydrogen) atoms. The number of anilines is 1. The van der Waals surface area contributed by atoms with Gasteiger partial charge in [0, 0.05) is 25.6 Å². The second-order valence-electron chi connectivity index (χ2n) is 4.36. The molecule has 1 aliphatic heterocycles. The van der Waals surface area contributed by atoms with Crippen molar-refractivity contribution in [3.05, 3.63) is 11.8 Å². The molecule has 0 amide bonds. The predicted molar refractivity (Wildman–Crippen MR) is 61.9 cm³/mol. The molecule has 6 nitrogen and oxygen atoms in total. The fourth-order valence-corrected chi connectivity index (χ4v) is 1.83. The van der Waals surface area contributed by atoms with Gasteiger partial charge >= 0.3 is 6.18 Å². The van der Waals surface area contributed by atoms with E-state index in [1.54, 1.807) is 0 Å². The normalized spacial score (nSPS) is 24.2. The van der Waals surface area contributed by atoms with Crippen molar-refractivity contribution in [2.75, 3.05) is 18.9 Å². The number of hydrogen-bond donors (Lipinski definition) is 2. The zero-order valence-corrected chi connectivity index (χ0v) is 10.4. The number of nitrogens with two attached hydrogens (primary N) is 1. The van der Waals surface area contributed by atoms with Crippen LogP contribution in [0.1, 0.15) is 18.4 Å². The average Bonchev–Trinajstić information content (AvgIpc) is 2.53. The summed E-state index contributed by atoms with van der Waals surface area (Å²) in [5.41, 5.74) is 4.16. The molecule has 2 rings (SSSR count). The summed E-state index contributed by atoms with van der Waals surface area (Å²) in [5.74, 6) is -0.997. The summed E-state index contributed by atoms with van der Waals surface area (Å²) in [4.78, 5) is 6.79. The molecule has 9 heteroatoms. The van der Waals surface area contributed by atoms with Crippen LogP contribution in [0.3, 0.4) is 0 Å². The quantitative estimate of drug-likeness (QED) is 0.845. The summed E-state index contributed by atoms with van der Waals surface area (Å²) in [5, 5.41) is 9.81. The van der Waals surface area contributed by atoms with Gasteiger partial charge in [0.1, 0.15) is 11.7 Å². The van der Waals surface area contributed by atoms with Crippen molar-refractivity contribution in [2.45, 2.75) is 31.2 Å². The summed E-state index contributed by atoms with van der Waals surface area (Å²) in [7, 11) is 0. The summed E-state index contributed by atoms with van der Waals surface area (Å²) in [6, 6.07) is 0. The third-order valence-corrected chi connectivity index (χ3v) is 2.87. The third-order valence-electron chi connectivity index (χ3n) is 2.87. The van der Waals surface area contributed by atoms with Crippen LogP contribution >= 0.6 is 0 Å². The molecule has 0 radical (unpaired) electrons. The number of nitrogens with zero attached hydrogens (tertiary/aromatic N) is 2. The lowest BCUT2D eigenvalue weighted by Gasteiger charge is -2.22. The van der Waals surface area contributed by atoms with E-state index in [0.717, 1.165) is 0 Å². The van der Waals surface area contributed by atoms with Crippen molar-refractivity contribution < 1.29 is 27.8 Å². The molecule has 0 bridgehead atoms. The summed E-state index contributed by atoms with van der Waals surface area (Å²) < 4.78 is 48.8. The number of hydrogen-bond acceptors (Lipinski definition) is 6. The Labute approximate surface area is 112 Å². The number of rotatable bonds is 2. The maximum absolute atomic E-state index is 12.8. The van der Waals surface area contributed by atoms with Crippen LogP contribution in [0.15, 0.2) is 6.20 Å². The monoisotopic (exact) mass is 293 g/mol. The highest BCUT2D eigenvalue weighted by Gasteiger charge is 2.37. The molecule has 2 heterocycles. The Balaban J connectivity index is 2.25. The highest BCUT2D eigenvalue weighted by atomic mass is 19.4. The van der Waals surface area contributed by atoms with Crippen LogP contribution in [-0.2, 0) is 10.9 Å². The minimum Gasteiger partial charge on any atom is -0.471 e. The molecule has 0 aromatic carbocycles. The van der Waals surface area contributed by atoms with Gasteiger partial charge in [-0.05, 0) is 0 Å². The summed E-state index contributed by atoms with van der Waals surface area (Å²) in [6.07, 6.45) is -5.29. The Kier molecular flexibility index (Phi) is 4.29. The van der Waals surface area contributed by atoms with Crippen molar-refractivity contribution >= 4 is 5.95 Å². The smallest absolute Gasteiger partial charge is 0.423 e. The zero-order valence-electron chi connectivity index (χ0n) is 10.4. The van der Waals surface area contributed by atoms with Gasteiger partial charge in [-0.15, -0.1) is 0 Å². The second-order valence-corrected chi connectivity index (χ2v) is 4.36. The van der Waals surface area contributed by atoms with Gasteiger partial charge in [0.15, 0.2) is 0 Å². The summed E-state index contributed by atoms with van der Waals surface area (Å²) in [6.45, 7) is 0.628. The largest absolute Gasteiger partial charge is 0.471 e. The Hall–Kier alpha value is -1.61. The average molecular weight is 293 g/mol. The Morgan fingerprint density at radius 3 is 2.75 bits per heavy atom. The van der Waals surface area contributed by atoms with Gasteiger partial charge in [0.2, 0.25) is 11.8 Å². The lowest BCUT2D eigenvalue weighted by Crippen LogP contribution is -2.32. The molecule has 1 aromatic heterocycles. The molecule has 1 saturated heterocycles. The van der Waals surface area contributed by atoms with E-state index in [1.165, 1.54) is 0 Å². The molecule has 0 saturated carbocycles. The number of aliphatic hydroxyl groups is 1. The van der Waals surface area contributed by atoms with Crippen molar-refractivity contribution in [2.24, 2.45) is 0 Å². The van der Waals surface area contributed by atoms with Gasteiger partial charge in [-0.2, -0.15) is 18.2 Å². The van der Waals surface area contributed by atoms with Crippen LogP contribution in [-0.4, -0.2) is 40.5 Å². The van der Waals surface area contributed by atoms with Crippen molar-refractivity contribution in [3.8, 4) is 5.88 Å². The van der Waals surface area contributed by atoms with E-state index in [0.29, 0.717) is 19.4 Å². The predicted octanol–water partition coefficient (Wildman–Crippen LogP) is 0.996. The number of alkyl halides is 3. The first-order chi connectivity index (χ1) is 9.38. The zero-order chi connectivity index (χ0) is 14.8. The van der Waals surface area contributed by atoms with Crippen LogP contribution in [0.5, 0.6) is 5.88 Å². The van der Waals surface area contributed by atoms with Crippen molar-refractivity contribution in [1.29, 1.82) is 0 Å². The van der Waals surface area contributed by atoms with E-state index >= 15 is 0 Å². The highest BCUT2D eigenvalue weighted by molar-refractivity contribution is 5.32. The first kappa shape index (κ1) is 14.8. The lowest BCUT2D eigenvalue weighted by atomic mass is 10.1. The van der Waals surface area contributed by atoms with Crippen molar-refractivity contribution in [3.63, 3.8) is 0 Å². The van der Waals surface area contributed by atoms with Gasteiger partial charge in [-0.3, -0.25) is 0 Å². The van der Waals surface area contributed by atoms with E-state index in [-0.39, 0.29) is 18.8 Å². The lowest BCUT2D eigenvalue weighted by molar-refractivity contribution is -0.140. The molecule has 3 N–H and O–H groups in total. The molecular weight excluding hydrogens is 279 g/mol. The molecule has 2 atom stereocenters. The first-order valence-corrected chi connectivity index (χ1v) is 6.00. The van der Waals surface area contributed by atoms with Gasteiger partial charge in [0.05, 0.1) is 12.7 Å². The third kappa shape index (κ3) is 3.48. The topological polar surface area (TPSA) is 90.5 Å². The Morgan fingerprint density at radius 2 is 2.05 bits per heavy atom. The Morgan fingerprint density at radius 1 is 1.35 bits per heavy atom. The van der Waals surface area contributed by atoms with Gasteiger partial charge in [0.25, 0.3) is 0 Å². The number of aromatic nitrogens is 2. The fourth-order valence-electron chi connectivity index (χ4n) is 1.83. The number of aliphatic hydroxyl groups excluding tert-OH is 1.